The lowest BCUT2D eigenvalue weighted by molar-refractivity contribution is -0.140. The van der Waals surface area contributed by atoms with Crippen LogP contribution in [0.2, 0.25) is 0 Å². The largest absolute Gasteiger partial charge is 0.481 e. The van der Waals surface area contributed by atoms with Gasteiger partial charge in [-0.2, -0.15) is 5.10 Å². The summed E-state index contributed by atoms with van der Waals surface area (Å²) in [6, 6.07) is 1.64. The second-order valence-corrected chi connectivity index (χ2v) is 3.47. The summed E-state index contributed by atoms with van der Waals surface area (Å²) in [6.45, 7) is 0. The van der Waals surface area contributed by atoms with Crippen LogP contribution in [0, 0.1) is 0 Å². The van der Waals surface area contributed by atoms with Gasteiger partial charge in [0.15, 0.2) is 0 Å². The average molecular weight is 181 g/mol. The number of nitrogen functional groups attached to an aromatic ring is 1. The average Bonchev–Trinajstić information content (AvgIpc) is 2.77. The zero-order chi connectivity index (χ0) is 9.64. The molecule has 5 nitrogen and oxygen atoms in total. The fourth-order valence-corrected chi connectivity index (χ4v) is 1.42. The van der Waals surface area contributed by atoms with Crippen molar-refractivity contribution in [3.05, 3.63) is 11.8 Å². The van der Waals surface area contributed by atoms with E-state index < -0.39 is 11.4 Å². The Labute approximate surface area is 75.2 Å². The van der Waals surface area contributed by atoms with Crippen LogP contribution in [0.5, 0.6) is 0 Å². The molecule has 1 aromatic heterocycles. The second-order valence-electron chi connectivity index (χ2n) is 3.47. The number of carboxylic acid groups (broad SMARTS) is 1. The first-order valence-corrected chi connectivity index (χ1v) is 4.10. The van der Waals surface area contributed by atoms with Crippen molar-refractivity contribution in [2.24, 2.45) is 7.05 Å². The number of carboxylic acids is 1. The van der Waals surface area contributed by atoms with Crippen molar-refractivity contribution in [3.8, 4) is 0 Å². The smallest absolute Gasteiger partial charge is 0.315 e. The molecule has 5 heteroatoms. The van der Waals surface area contributed by atoms with Crippen molar-refractivity contribution in [2.75, 3.05) is 5.73 Å². The lowest BCUT2D eigenvalue weighted by Gasteiger charge is -2.03. The molecule has 1 aliphatic rings. The summed E-state index contributed by atoms with van der Waals surface area (Å²) in [6.07, 6.45) is 1.33. The number of aliphatic carboxylic acids is 1. The highest BCUT2D eigenvalue weighted by atomic mass is 16.4. The van der Waals surface area contributed by atoms with Gasteiger partial charge < -0.3 is 10.8 Å². The molecule has 1 aliphatic carbocycles. The lowest BCUT2D eigenvalue weighted by atomic mass is 10.0. The van der Waals surface area contributed by atoms with E-state index in [4.69, 9.17) is 10.8 Å². The normalized spacial score (nSPS) is 18.5. The molecule has 1 heterocycles. The van der Waals surface area contributed by atoms with E-state index in [0.29, 0.717) is 24.4 Å². The van der Waals surface area contributed by atoms with Crippen LogP contribution in [0.25, 0.3) is 0 Å². The number of aryl methyl sites for hydroxylation is 1. The van der Waals surface area contributed by atoms with Crippen molar-refractivity contribution in [1.82, 2.24) is 9.78 Å². The first kappa shape index (κ1) is 8.10. The van der Waals surface area contributed by atoms with Gasteiger partial charge in [-0.3, -0.25) is 9.48 Å². The van der Waals surface area contributed by atoms with Crippen LogP contribution in [-0.2, 0) is 17.3 Å². The standard InChI is InChI=1S/C8H11N3O2/c1-11-6(9)4-5(10-11)8(2-3-8)7(12)13/h4H,2-3,9H2,1H3,(H,12,13). The summed E-state index contributed by atoms with van der Waals surface area (Å²) in [5.74, 6) is -0.298. The monoisotopic (exact) mass is 181 g/mol. The fourth-order valence-electron chi connectivity index (χ4n) is 1.42. The van der Waals surface area contributed by atoms with Crippen molar-refractivity contribution >= 4 is 11.8 Å². The minimum atomic E-state index is -0.800. The summed E-state index contributed by atoms with van der Waals surface area (Å²) in [4.78, 5) is 10.9. The summed E-state index contributed by atoms with van der Waals surface area (Å²) in [7, 11) is 1.71. The van der Waals surface area contributed by atoms with E-state index in [0.717, 1.165) is 0 Å². The molecule has 1 aromatic rings. The summed E-state index contributed by atoms with van der Waals surface area (Å²) in [5.41, 5.74) is 5.42. The zero-order valence-corrected chi connectivity index (χ0v) is 7.32. The van der Waals surface area contributed by atoms with E-state index in [1.54, 1.807) is 13.1 Å². The van der Waals surface area contributed by atoms with E-state index in [-0.39, 0.29) is 0 Å². The Hall–Kier alpha value is -1.52. The Morgan fingerprint density at radius 2 is 2.38 bits per heavy atom. The molecular weight excluding hydrogens is 170 g/mol. The molecule has 13 heavy (non-hydrogen) atoms. The Bertz CT molecular complexity index is 346. The number of hydrogen-bond acceptors (Lipinski definition) is 3. The molecule has 0 radical (unpaired) electrons. The minimum absolute atomic E-state index is 0.502. The van der Waals surface area contributed by atoms with Crippen LogP contribution in [0.1, 0.15) is 18.5 Å². The van der Waals surface area contributed by atoms with Gasteiger partial charge in [0.1, 0.15) is 11.2 Å². The molecule has 70 valence electrons. The number of hydrogen-bond donors (Lipinski definition) is 2. The number of anilines is 1. The third-order valence-corrected chi connectivity index (χ3v) is 2.57. The van der Waals surface area contributed by atoms with E-state index >= 15 is 0 Å². The molecule has 0 atom stereocenters. The highest BCUT2D eigenvalue weighted by Crippen LogP contribution is 2.48. The maximum Gasteiger partial charge on any atom is 0.315 e. The Kier molecular flexibility index (Phi) is 1.40. The van der Waals surface area contributed by atoms with Gasteiger partial charge in [0, 0.05) is 13.1 Å². The van der Waals surface area contributed by atoms with Crippen LogP contribution < -0.4 is 5.73 Å². The Morgan fingerprint density at radius 1 is 1.77 bits per heavy atom. The summed E-state index contributed by atoms with van der Waals surface area (Å²) >= 11 is 0. The van der Waals surface area contributed by atoms with Gasteiger partial charge in [-0.25, -0.2) is 0 Å². The van der Waals surface area contributed by atoms with Gasteiger partial charge in [-0.1, -0.05) is 0 Å². The molecule has 2 rings (SSSR count). The molecule has 0 saturated heterocycles. The molecule has 0 aliphatic heterocycles. The lowest BCUT2D eigenvalue weighted by Crippen LogP contribution is -2.20. The molecule has 0 unspecified atom stereocenters. The van der Waals surface area contributed by atoms with E-state index in [1.807, 2.05) is 0 Å². The van der Waals surface area contributed by atoms with Gasteiger partial charge in [0.2, 0.25) is 0 Å². The number of nitrogens with zero attached hydrogens (tertiary/aromatic N) is 2. The van der Waals surface area contributed by atoms with Crippen LogP contribution in [0.3, 0.4) is 0 Å². The third-order valence-electron chi connectivity index (χ3n) is 2.57. The number of carbonyl (C=O) groups is 1. The maximum atomic E-state index is 10.9. The van der Waals surface area contributed by atoms with Crippen molar-refractivity contribution in [3.63, 3.8) is 0 Å². The molecule has 0 spiro atoms. The van der Waals surface area contributed by atoms with Gasteiger partial charge in [-0.15, -0.1) is 0 Å². The van der Waals surface area contributed by atoms with Crippen LogP contribution in [-0.4, -0.2) is 20.9 Å². The SMILES string of the molecule is Cn1nc(C2(C(=O)O)CC2)cc1N. The van der Waals surface area contributed by atoms with Crippen molar-refractivity contribution in [1.29, 1.82) is 0 Å². The maximum absolute atomic E-state index is 10.9. The summed E-state index contributed by atoms with van der Waals surface area (Å²) in [5, 5.41) is 13.0. The van der Waals surface area contributed by atoms with E-state index in [2.05, 4.69) is 5.10 Å². The molecule has 0 aromatic carbocycles. The highest BCUT2D eigenvalue weighted by molar-refractivity contribution is 5.84. The predicted octanol–water partition coefficient (Wildman–Crippen LogP) is 0.118. The van der Waals surface area contributed by atoms with Crippen LogP contribution >= 0.6 is 0 Å². The van der Waals surface area contributed by atoms with Crippen LogP contribution in [0.4, 0.5) is 5.82 Å². The Morgan fingerprint density at radius 3 is 2.69 bits per heavy atom. The molecule has 1 saturated carbocycles. The second kappa shape index (κ2) is 2.25. The predicted molar refractivity (Wildman–Crippen MR) is 46.2 cm³/mol. The molecule has 3 N–H and O–H groups in total. The van der Waals surface area contributed by atoms with Crippen molar-refractivity contribution in [2.45, 2.75) is 18.3 Å². The minimum Gasteiger partial charge on any atom is -0.481 e. The quantitative estimate of drug-likeness (QED) is 0.679. The van der Waals surface area contributed by atoms with Crippen LogP contribution in [0.15, 0.2) is 6.07 Å². The first-order chi connectivity index (χ1) is 6.06. The topological polar surface area (TPSA) is 81.1 Å². The first-order valence-electron chi connectivity index (χ1n) is 4.10. The van der Waals surface area contributed by atoms with E-state index in [9.17, 15) is 4.79 Å². The summed E-state index contributed by atoms with van der Waals surface area (Å²) < 4.78 is 1.50. The van der Waals surface area contributed by atoms with Gasteiger partial charge >= 0.3 is 5.97 Å². The van der Waals surface area contributed by atoms with E-state index in [1.165, 1.54) is 4.68 Å². The molecule has 0 amide bonds. The number of rotatable bonds is 2. The van der Waals surface area contributed by atoms with Gasteiger partial charge in [-0.05, 0) is 12.8 Å². The third kappa shape index (κ3) is 0.998. The Balaban J connectivity index is 2.41. The van der Waals surface area contributed by atoms with Crippen molar-refractivity contribution < 1.29 is 9.90 Å². The molecule has 0 bridgehead atoms. The fraction of sp³-hybridized carbons (Fsp3) is 0.500. The molecule has 1 fully saturated rings. The zero-order valence-electron chi connectivity index (χ0n) is 7.32. The highest BCUT2D eigenvalue weighted by Gasteiger charge is 2.53. The van der Waals surface area contributed by atoms with Gasteiger partial charge in [0.05, 0.1) is 5.69 Å². The van der Waals surface area contributed by atoms with Gasteiger partial charge in [0.25, 0.3) is 0 Å². The number of aromatic nitrogens is 2. The molecular formula is C8H11N3O2. The number of nitrogens with two attached hydrogens (primary N) is 1.